The summed E-state index contributed by atoms with van der Waals surface area (Å²) in [4.78, 5) is 22.4. The number of rotatable bonds is 5. The predicted octanol–water partition coefficient (Wildman–Crippen LogP) is 2.27. The molecule has 108 valence electrons. The van der Waals surface area contributed by atoms with Crippen LogP contribution in [0.2, 0.25) is 0 Å². The van der Waals surface area contributed by atoms with Gasteiger partial charge in [-0.25, -0.2) is 0 Å². The number of amides is 1. The number of benzene rings is 2. The molecule has 0 bridgehead atoms. The minimum atomic E-state index is -0.510. The van der Waals surface area contributed by atoms with E-state index in [1.165, 1.54) is 6.07 Å². The maximum Gasteiger partial charge on any atom is 0.273 e. The highest BCUT2D eigenvalue weighted by Crippen LogP contribution is 2.20. The molecule has 0 aliphatic heterocycles. The number of nitrogens with zero attached hydrogens (tertiary/aromatic N) is 1. The highest BCUT2D eigenvalue weighted by molar-refractivity contribution is 5.93. The fourth-order valence-electron chi connectivity index (χ4n) is 1.99. The van der Waals surface area contributed by atoms with Crippen LogP contribution in [0.25, 0.3) is 0 Å². The van der Waals surface area contributed by atoms with Crippen molar-refractivity contribution in [3.63, 3.8) is 0 Å². The normalized spacial score (nSPS) is 10.1. The third kappa shape index (κ3) is 3.64. The first-order valence-electron chi connectivity index (χ1n) is 6.32. The zero-order valence-corrected chi connectivity index (χ0v) is 11.2. The Balaban J connectivity index is 2.14. The molecule has 6 nitrogen and oxygen atoms in total. The molecule has 2 aromatic rings. The van der Waals surface area contributed by atoms with Crippen molar-refractivity contribution < 1.29 is 14.8 Å². The summed E-state index contributed by atoms with van der Waals surface area (Å²) in [7, 11) is 0. The maximum absolute atomic E-state index is 12.0. The van der Waals surface area contributed by atoms with E-state index in [-0.39, 0.29) is 24.6 Å². The van der Waals surface area contributed by atoms with Gasteiger partial charge in [0.2, 0.25) is 5.91 Å². The maximum atomic E-state index is 12.0. The lowest BCUT2D eigenvalue weighted by atomic mass is 10.1. The van der Waals surface area contributed by atoms with Gasteiger partial charge in [0.25, 0.3) is 5.69 Å². The second-order valence-electron chi connectivity index (χ2n) is 4.43. The summed E-state index contributed by atoms with van der Waals surface area (Å²) in [6, 6.07) is 13.0. The van der Waals surface area contributed by atoms with E-state index in [0.717, 1.165) is 0 Å². The summed E-state index contributed by atoms with van der Waals surface area (Å²) >= 11 is 0. The summed E-state index contributed by atoms with van der Waals surface area (Å²) in [5, 5.41) is 22.8. The molecule has 0 spiro atoms. The molecule has 0 radical (unpaired) electrons. The Bertz CT molecular complexity index is 670. The molecule has 1 amide bonds. The van der Waals surface area contributed by atoms with Crippen LogP contribution in [0, 0.1) is 10.1 Å². The van der Waals surface area contributed by atoms with E-state index < -0.39 is 4.92 Å². The highest BCUT2D eigenvalue weighted by atomic mass is 16.6. The quantitative estimate of drug-likeness (QED) is 0.651. The van der Waals surface area contributed by atoms with Crippen molar-refractivity contribution in [3.8, 4) is 0 Å². The van der Waals surface area contributed by atoms with Crippen LogP contribution in [0.3, 0.4) is 0 Å². The molecule has 6 heteroatoms. The van der Waals surface area contributed by atoms with Gasteiger partial charge in [-0.1, -0.05) is 36.4 Å². The van der Waals surface area contributed by atoms with Gasteiger partial charge in [0.1, 0.15) is 0 Å². The topological polar surface area (TPSA) is 92.5 Å². The molecule has 2 N–H and O–H groups in total. The van der Waals surface area contributed by atoms with Gasteiger partial charge in [-0.05, 0) is 6.07 Å². The monoisotopic (exact) mass is 286 g/mol. The van der Waals surface area contributed by atoms with Gasteiger partial charge in [0.05, 0.1) is 18.0 Å². The average molecular weight is 286 g/mol. The number of hydrogen-bond donors (Lipinski definition) is 2. The fourth-order valence-corrected chi connectivity index (χ4v) is 1.99. The minimum Gasteiger partial charge on any atom is -0.392 e. The van der Waals surface area contributed by atoms with Crippen LogP contribution >= 0.6 is 0 Å². The van der Waals surface area contributed by atoms with Crippen LogP contribution in [-0.2, 0) is 17.8 Å². The van der Waals surface area contributed by atoms with Crippen molar-refractivity contribution in [2.24, 2.45) is 0 Å². The fraction of sp³-hybridized carbons (Fsp3) is 0.133. The lowest BCUT2D eigenvalue weighted by molar-refractivity contribution is -0.385. The van der Waals surface area contributed by atoms with Crippen molar-refractivity contribution in [1.29, 1.82) is 0 Å². The van der Waals surface area contributed by atoms with E-state index in [9.17, 15) is 20.0 Å². The Morgan fingerprint density at radius 3 is 2.38 bits per heavy atom. The lowest BCUT2D eigenvalue weighted by Gasteiger charge is -2.09. The van der Waals surface area contributed by atoms with E-state index >= 15 is 0 Å². The molecule has 2 rings (SSSR count). The first-order valence-corrected chi connectivity index (χ1v) is 6.32. The Kier molecular flexibility index (Phi) is 4.63. The number of hydrogen-bond acceptors (Lipinski definition) is 4. The standard InChI is InChI=1S/C15H14N2O4/c18-10-12-6-1-3-7-13(12)16-15(19)9-11-5-2-4-8-14(11)17(20)21/h1-8,18H,9-10H2,(H,16,19). The van der Waals surface area contributed by atoms with E-state index in [0.29, 0.717) is 16.8 Å². The number of carbonyl (C=O) groups excluding carboxylic acids is 1. The van der Waals surface area contributed by atoms with E-state index in [2.05, 4.69) is 5.32 Å². The zero-order chi connectivity index (χ0) is 15.2. The van der Waals surface area contributed by atoms with Crippen LogP contribution in [0.15, 0.2) is 48.5 Å². The molecule has 21 heavy (non-hydrogen) atoms. The van der Waals surface area contributed by atoms with Crippen molar-refractivity contribution in [1.82, 2.24) is 0 Å². The number of nitrogens with one attached hydrogen (secondary N) is 1. The van der Waals surface area contributed by atoms with Crippen LogP contribution < -0.4 is 5.32 Å². The van der Waals surface area contributed by atoms with Crippen molar-refractivity contribution in [2.75, 3.05) is 5.32 Å². The largest absolute Gasteiger partial charge is 0.392 e. The van der Waals surface area contributed by atoms with E-state index in [4.69, 9.17) is 0 Å². The zero-order valence-electron chi connectivity index (χ0n) is 11.2. The molecule has 0 heterocycles. The number of aliphatic hydroxyl groups is 1. The summed E-state index contributed by atoms with van der Waals surface area (Å²) in [6.45, 7) is -0.193. The van der Waals surface area contributed by atoms with Crippen molar-refractivity contribution >= 4 is 17.3 Å². The number of carbonyl (C=O) groups is 1. The smallest absolute Gasteiger partial charge is 0.273 e. The number of para-hydroxylation sites is 2. The number of nitro groups is 1. The van der Waals surface area contributed by atoms with Gasteiger partial charge >= 0.3 is 0 Å². The van der Waals surface area contributed by atoms with E-state index in [1.54, 1.807) is 42.5 Å². The van der Waals surface area contributed by atoms with Crippen molar-refractivity contribution in [2.45, 2.75) is 13.0 Å². The Morgan fingerprint density at radius 2 is 1.71 bits per heavy atom. The third-order valence-corrected chi connectivity index (χ3v) is 3.00. The van der Waals surface area contributed by atoms with Gasteiger partial charge in [-0.3, -0.25) is 14.9 Å². The first kappa shape index (κ1) is 14.7. The second-order valence-corrected chi connectivity index (χ2v) is 4.43. The van der Waals surface area contributed by atoms with Crippen molar-refractivity contribution in [3.05, 3.63) is 69.8 Å². The molecule has 0 aromatic heterocycles. The molecule has 0 atom stereocenters. The van der Waals surface area contributed by atoms with Crippen LogP contribution in [-0.4, -0.2) is 15.9 Å². The molecule has 0 fully saturated rings. The van der Waals surface area contributed by atoms with Gasteiger partial charge in [0.15, 0.2) is 0 Å². The Labute approximate surface area is 121 Å². The molecule has 2 aromatic carbocycles. The average Bonchev–Trinajstić information content (AvgIpc) is 2.48. The molecule has 0 unspecified atom stereocenters. The van der Waals surface area contributed by atoms with Crippen LogP contribution in [0.4, 0.5) is 11.4 Å². The molecule has 0 saturated carbocycles. The molecule has 0 saturated heterocycles. The first-order chi connectivity index (χ1) is 10.1. The SMILES string of the molecule is O=C(Cc1ccccc1[N+](=O)[O-])Nc1ccccc1CO. The van der Waals surface area contributed by atoms with Gasteiger partial charge < -0.3 is 10.4 Å². The third-order valence-electron chi connectivity index (χ3n) is 3.00. The number of anilines is 1. The number of aliphatic hydroxyl groups excluding tert-OH is 1. The predicted molar refractivity (Wildman–Crippen MR) is 77.8 cm³/mol. The summed E-state index contributed by atoms with van der Waals surface area (Å²) in [6.07, 6.45) is -0.100. The second kappa shape index (κ2) is 6.62. The van der Waals surface area contributed by atoms with Gasteiger partial charge in [-0.2, -0.15) is 0 Å². The molecule has 0 aliphatic carbocycles. The van der Waals surface area contributed by atoms with Gasteiger partial charge in [0, 0.05) is 22.9 Å². The van der Waals surface area contributed by atoms with Crippen LogP contribution in [0.1, 0.15) is 11.1 Å². The Morgan fingerprint density at radius 1 is 1.10 bits per heavy atom. The molecule has 0 aliphatic rings. The molecular formula is C15H14N2O4. The highest BCUT2D eigenvalue weighted by Gasteiger charge is 2.16. The summed E-state index contributed by atoms with van der Waals surface area (Å²) in [5.41, 5.74) is 1.36. The van der Waals surface area contributed by atoms with Crippen LogP contribution in [0.5, 0.6) is 0 Å². The lowest BCUT2D eigenvalue weighted by Crippen LogP contribution is -2.16. The minimum absolute atomic E-state index is 0.0805. The summed E-state index contributed by atoms with van der Waals surface area (Å²) in [5.74, 6) is -0.370. The Hall–Kier alpha value is -2.73. The number of nitro benzene ring substituents is 1. The summed E-state index contributed by atoms with van der Waals surface area (Å²) < 4.78 is 0. The van der Waals surface area contributed by atoms with E-state index in [1.807, 2.05) is 0 Å². The molecular weight excluding hydrogens is 272 g/mol. The van der Waals surface area contributed by atoms with Gasteiger partial charge in [-0.15, -0.1) is 0 Å².